The molecule has 0 saturated carbocycles. The maximum atomic E-state index is 12.4. The van der Waals surface area contributed by atoms with Crippen molar-refractivity contribution in [1.29, 1.82) is 0 Å². The van der Waals surface area contributed by atoms with E-state index in [9.17, 15) is 25.3 Å². The second-order valence-corrected chi connectivity index (χ2v) is 52.6. The zero-order valence-electron chi connectivity index (χ0n) is 68.5. The molecule has 6 nitrogen and oxygen atoms in total. The van der Waals surface area contributed by atoms with Crippen LogP contribution in [0.4, 0.5) is 0 Å². The van der Waals surface area contributed by atoms with Crippen LogP contribution in [0, 0.1) is 113 Å². The fourth-order valence-electron chi connectivity index (χ4n) is 14.9. The van der Waals surface area contributed by atoms with E-state index in [0.717, 1.165) is 96.4 Å². The lowest BCUT2D eigenvalue weighted by Gasteiger charge is -2.40. The molecule has 17 atom stereocenters. The Balaban J connectivity index is 0.000000558. The van der Waals surface area contributed by atoms with Crippen molar-refractivity contribution in [2.45, 2.75) is 353 Å². The smallest absolute Gasteiger partial charge is 0.0399 e. The summed E-state index contributed by atoms with van der Waals surface area (Å²) < 4.78 is 73.0. The molecule has 0 bridgehead atoms. The van der Waals surface area contributed by atoms with Gasteiger partial charge < -0.3 is 0 Å². The third-order valence-electron chi connectivity index (χ3n) is 23.0. The minimum absolute atomic E-state index is 0.179. The van der Waals surface area contributed by atoms with Crippen LogP contribution in [-0.2, 0) is 64.8 Å². The van der Waals surface area contributed by atoms with E-state index in [1.165, 1.54) is 51.4 Å². The molecule has 0 aliphatic carbocycles. The first kappa shape index (κ1) is 91.9. The van der Waals surface area contributed by atoms with E-state index in [1.54, 1.807) is 0 Å². The van der Waals surface area contributed by atoms with Gasteiger partial charge in [-0.2, -0.15) is 0 Å². The third kappa shape index (κ3) is 33.7. The molecule has 6 fully saturated rings. The average Bonchev–Trinajstić information content (AvgIpc) is 0.994. The van der Waals surface area contributed by atoms with Crippen molar-refractivity contribution in [3.05, 3.63) is 0 Å². The number of rotatable bonds is 1. The fourth-order valence-corrected chi connectivity index (χ4v) is 28.4. The Morgan fingerprint density at radius 2 is 0.527 bits per heavy atom. The molecule has 0 radical (unpaired) electrons. The summed E-state index contributed by atoms with van der Waals surface area (Å²) in [4.78, 5) is 0. The molecule has 0 N–H and O–H groups in total. The van der Waals surface area contributed by atoms with E-state index in [0.29, 0.717) is 100 Å². The molecule has 0 aromatic heterocycles. The Hall–Kier alpha value is 0.900. The van der Waals surface area contributed by atoms with Gasteiger partial charge in [-0.25, -0.2) is 0 Å². The first-order valence-electron chi connectivity index (χ1n) is 37.6. The highest BCUT2D eigenvalue weighted by molar-refractivity contribution is 7.86. The van der Waals surface area contributed by atoms with Crippen LogP contribution < -0.4 is 0 Å². The van der Waals surface area contributed by atoms with Crippen molar-refractivity contribution >= 4 is 64.8 Å². The molecule has 558 valence electrons. The molecule has 17 unspecified atom stereocenters. The van der Waals surface area contributed by atoms with Gasteiger partial charge in [-0.15, -0.1) is 0 Å². The van der Waals surface area contributed by atoms with E-state index in [1.807, 2.05) is 0 Å². The van der Waals surface area contributed by atoms with Crippen molar-refractivity contribution in [1.82, 2.24) is 0 Å². The molecular weight excluding hydrogens is 1260 g/mol. The monoisotopic (exact) mass is 1420 g/mol. The second-order valence-electron chi connectivity index (χ2n) is 42.7. The molecule has 6 aliphatic heterocycles. The van der Waals surface area contributed by atoms with Gasteiger partial charge in [-0.1, -0.05) is 249 Å². The van der Waals surface area contributed by atoms with Gasteiger partial charge in [0.25, 0.3) is 0 Å². The molecule has 6 heterocycles. The lowest BCUT2D eigenvalue weighted by atomic mass is 9.73. The summed E-state index contributed by atoms with van der Waals surface area (Å²) in [6.07, 6.45) is 16.8. The van der Waals surface area contributed by atoms with Gasteiger partial charge in [0.05, 0.1) is 0 Å². The Morgan fingerprint density at radius 1 is 0.237 bits per heavy atom. The molecular formula is C81H162O6S6. The topological polar surface area (TPSA) is 102 Å². The fraction of sp³-hybridized carbons (Fsp3) is 1.00. The van der Waals surface area contributed by atoms with Crippen LogP contribution in [0.15, 0.2) is 0 Å². The van der Waals surface area contributed by atoms with Gasteiger partial charge in [-0.3, -0.25) is 25.3 Å². The largest absolute Gasteiger partial charge is 0.260 e. The van der Waals surface area contributed by atoms with E-state index >= 15 is 0 Å². The van der Waals surface area contributed by atoms with Crippen molar-refractivity contribution in [3.63, 3.8) is 0 Å². The first-order valence-corrected chi connectivity index (χ1v) is 46.1. The highest BCUT2D eigenvalue weighted by atomic mass is 32.2. The molecule has 0 amide bonds. The van der Waals surface area contributed by atoms with Gasteiger partial charge in [0.15, 0.2) is 0 Å². The predicted molar refractivity (Wildman–Crippen MR) is 424 cm³/mol. The molecule has 6 aliphatic rings. The lowest BCUT2D eigenvalue weighted by Crippen LogP contribution is -2.41. The van der Waals surface area contributed by atoms with Gasteiger partial charge >= 0.3 is 0 Å². The maximum Gasteiger partial charge on any atom is 0.0399 e. The van der Waals surface area contributed by atoms with Gasteiger partial charge in [0.2, 0.25) is 0 Å². The van der Waals surface area contributed by atoms with E-state index < -0.39 is 64.8 Å². The SMILES string of the molecule is CC(C)(C)C1CCC(C(C)(C)C)CS(=O)C1.CC(C)(C)C1CCC(C(C)(C)C)S(=O)C1.CC(C)(C)C1CCC(C(C)(C)C)S(=O)CC1.CC(C)(C)C1CCCC(C(C)(C)C)S(=O)C1.CC(C)(C)C1CCCS(=O)C(C(C)(C)C)C1.CC(C)C1CC(C(C)(C)C)CS(=O)C1. The summed E-state index contributed by atoms with van der Waals surface area (Å²) in [7, 11) is -3.68. The summed E-state index contributed by atoms with van der Waals surface area (Å²) >= 11 is 0. The maximum absolute atomic E-state index is 12.4. The Morgan fingerprint density at radius 3 is 0.892 bits per heavy atom. The standard InChI is InChI=1S/4C14H28OS.C13H26OS.C12H24OS/c1-13(2,3)11-7-8-12(14(4,5)6)10-16(15)9-11;1-13(2,3)11-7-8-12(14(4,5)6)16(15)10-9-11;1-13(2,3)11-8-7-9-16(15)12(10-11)14(4,5)6;1-13(2,3)11-8-7-9-12(14(4,5)6)16(15)10-11;1-12(2,3)10-7-8-11(13(4,5)6)15(14)9-10;1-9(2)10-6-11(12(3,4)5)8-14(13)7-10/h4*11-12H,7-10H2,1-6H3;10-11H,7-9H2,1-6H3;9-11H,6-8H2,1-5H3. The van der Waals surface area contributed by atoms with Gasteiger partial charge in [0.1, 0.15) is 0 Å². The number of hydrogen-bond acceptors (Lipinski definition) is 6. The minimum atomic E-state index is -0.641. The highest BCUT2D eigenvalue weighted by Crippen LogP contribution is 2.46. The molecule has 6 saturated heterocycles. The van der Waals surface area contributed by atoms with Crippen LogP contribution in [0.1, 0.15) is 332 Å². The molecule has 0 aromatic carbocycles. The van der Waals surface area contributed by atoms with Crippen LogP contribution in [0.2, 0.25) is 0 Å². The summed E-state index contributed by atoms with van der Waals surface area (Å²) in [5.74, 6) is 13.3. The summed E-state index contributed by atoms with van der Waals surface area (Å²) in [6, 6.07) is 0. The van der Waals surface area contributed by atoms with Crippen molar-refractivity contribution < 1.29 is 25.3 Å². The minimum Gasteiger partial charge on any atom is -0.260 e. The summed E-state index contributed by atoms with van der Waals surface area (Å²) in [6.45, 7) is 79.4. The van der Waals surface area contributed by atoms with Crippen molar-refractivity contribution in [2.75, 3.05) is 46.0 Å². The van der Waals surface area contributed by atoms with Crippen LogP contribution in [0.5, 0.6) is 0 Å². The molecule has 6 rings (SSSR count). The Labute approximate surface area is 597 Å². The lowest BCUT2D eigenvalue weighted by molar-refractivity contribution is 0.191. The Kier molecular flexibility index (Phi) is 36.4. The zero-order chi connectivity index (χ0) is 73.0. The molecule has 12 heteroatoms. The highest BCUT2D eigenvalue weighted by Gasteiger charge is 2.43. The van der Waals surface area contributed by atoms with E-state index in [4.69, 9.17) is 0 Å². The first-order chi connectivity index (χ1) is 41.4. The van der Waals surface area contributed by atoms with Crippen molar-refractivity contribution in [2.24, 2.45) is 113 Å². The van der Waals surface area contributed by atoms with Crippen LogP contribution in [0.3, 0.4) is 0 Å². The van der Waals surface area contributed by atoms with Crippen LogP contribution >= 0.6 is 0 Å². The number of hydrogen-bond donors (Lipinski definition) is 0. The second kappa shape index (κ2) is 36.9. The molecule has 0 aromatic rings. The normalized spacial score (nSPS) is 33.8. The summed E-state index contributed by atoms with van der Waals surface area (Å²) in [5.41, 5.74) is 3.06. The van der Waals surface area contributed by atoms with E-state index in [2.05, 4.69) is 242 Å². The van der Waals surface area contributed by atoms with Crippen LogP contribution in [-0.4, -0.2) is 92.3 Å². The van der Waals surface area contributed by atoms with Gasteiger partial charge in [-0.05, 0) is 196 Å². The average molecular weight is 1420 g/mol. The van der Waals surface area contributed by atoms with Crippen molar-refractivity contribution in [3.8, 4) is 0 Å². The predicted octanol–water partition coefficient (Wildman–Crippen LogP) is 22.5. The third-order valence-corrected chi connectivity index (χ3v) is 35.2. The Bertz CT molecular complexity index is 2270. The van der Waals surface area contributed by atoms with Crippen LogP contribution in [0.25, 0.3) is 0 Å². The summed E-state index contributed by atoms with van der Waals surface area (Å²) in [5, 5.41) is 1.55. The van der Waals surface area contributed by atoms with Gasteiger partial charge in [0, 0.05) is 132 Å². The zero-order valence-corrected chi connectivity index (χ0v) is 73.4. The molecule has 0 spiro atoms. The molecule has 93 heavy (non-hydrogen) atoms. The van der Waals surface area contributed by atoms with E-state index in [-0.39, 0.29) is 21.7 Å². The quantitative estimate of drug-likeness (QED) is 0.259.